The third-order valence-electron chi connectivity index (χ3n) is 2.38. The van der Waals surface area contributed by atoms with E-state index in [9.17, 15) is 5.11 Å². The minimum absolute atomic E-state index is 0.0727. The van der Waals surface area contributed by atoms with Crippen molar-refractivity contribution in [2.24, 2.45) is 22.9 Å². The highest BCUT2D eigenvalue weighted by Crippen LogP contribution is 2.15. The molecule has 0 aromatic rings. The van der Waals surface area contributed by atoms with E-state index in [2.05, 4.69) is 0 Å². The van der Waals surface area contributed by atoms with Crippen LogP contribution in [0.25, 0.3) is 0 Å². The molecule has 0 saturated carbocycles. The van der Waals surface area contributed by atoms with Gasteiger partial charge in [0, 0.05) is 43.5 Å². The lowest BCUT2D eigenvalue weighted by Gasteiger charge is -2.30. The van der Waals surface area contributed by atoms with Crippen molar-refractivity contribution in [1.82, 2.24) is 0 Å². The minimum Gasteiger partial charge on any atom is -0.394 e. The quantitative estimate of drug-likeness (QED) is 0.300. The van der Waals surface area contributed by atoms with Crippen molar-refractivity contribution >= 4 is 0 Å². The molecule has 3 atom stereocenters. The van der Waals surface area contributed by atoms with Crippen LogP contribution in [0.15, 0.2) is 0 Å². The second-order valence-corrected chi connectivity index (χ2v) is 7.02. The zero-order chi connectivity index (χ0) is 21.2. The Bertz CT molecular complexity index is 230. The van der Waals surface area contributed by atoms with Crippen LogP contribution in [0.1, 0.15) is 61.3 Å². The first-order valence-corrected chi connectivity index (χ1v) is 8.81. The number of hydrogen-bond acceptors (Lipinski definition) is 8. The number of aliphatic hydroxyl groups excluding tert-OH is 3. The van der Waals surface area contributed by atoms with Crippen molar-refractivity contribution in [2.45, 2.75) is 97.3 Å². The summed E-state index contributed by atoms with van der Waals surface area (Å²) in [6.07, 6.45) is 0.695. The molecule has 0 radical (unpaired) electrons. The van der Waals surface area contributed by atoms with Gasteiger partial charge in [0.05, 0.1) is 5.60 Å². The standard InChI is InChI=1S/C8H22N4O.3C3H8O/c1-8(13,7(12)5-10)3-2-6(11)4-9;3*1-3(2)4/h6-7,13H,2-5,9-12H2,1H3;3*3-4H,1-2H3. The van der Waals surface area contributed by atoms with Gasteiger partial charge in [0.1, 0.15) is 0 Å². The molecular weight excluding hydrogens is 324 g/mol. The molecule has 3 unspecified atom stereocenters. The summed E-state index contributed by atoms with van der Waals surface area (Å²) in [7, 11) is 0. The fraction of sp³-hybridized carbons (Fsp3) is 1.00. The molecule has 0 aromatic heterocycles. The highest BCUT2D eigenvalue weighted by molar-refractivity contribution is 4.86. The van der Waals surface area contributed by atoms with Crippen molar-refractivity contribution in [3.63, 3.8) is 0 Å². The monoisotopic (exact) mass is 370 g/mol. The maximum absolute atomic E-state index is 9.83. The zero-order valence-electron chi connectivity index (χ0n) is 17.3. The summed E-state index contributed by atoms with van der Waals surface area (Å²) in [4.78, 5) is 0. The van der Waals surface area contributed by atoms with Crippen LogP contribution < -0.4 is 22.9 Å². The van der Waals surface area contributed by atoms with Gasteiger partial charge >= 0.3 is 0 Å². The van der Waals surface area contributed by atoms with Gasteiger partial charge in [-0.2, -0.15) is 0 Å². The highest BCUT2D eigenvalue weighted by atomic mass is 16.3. The summed E-state index contributed by atoms with van der Waals surface area (Å²) in [6.45, 7) is 12.7. The Morgan fingerprint density at radius 1 is 0.760 bits per heavy atom. The molecule has 0 spiro atoms. The molecule has 0 aliphatic rings. The van der Waals surface area contributed by atoms with E-state index in [4.69, 9.17) is 38.3 Å². The molecule has 0 heterocycles. The number of hydrogen-bond donors (Lipinski definition) is 8. The van der Waals surface area contributed by atoms with E-state index in [0.717, 1.165) is 0 Å². The first-order valence-electron chi connectivity index (χ1n) is 8.81. The predicted molar refractivity (Wildman–Crippen MR) is 106 cm³/mol. The van der Waals surface area contributed by atoms with Gasteiger partial charge in [-0.25, -0.2) is 0 Å². The normalized spacial score (nSPS) is 15.1. The molecule has 25 heavy (non-hydrogen) atoms. The van der Waals surface area contributed by atoms with Crippen LogP contribution in [0.3, 0.4) is 0 Å². The van der Waals surface area contributed by atoms with Crippen molar-refractivity contribution in [3.8, 4) is 0 Å². The lowest BCUT2D eigenvalue weighted by molar-refractivity contribution is 0.0236. The Hall–Kier alpha value is -0.320. The van der Waals surface area contributed by atoms with Gasteiger partial charge < -0.3 is 43.4 Å². The van der Waals surface area contributed by atoms with E-state index in [0.29, 0.717) is 19.4 Å². The third-order valence-corrected chi connectivity index (χ3v) is 2.38. The van der Waals surface area contributed by atoms with Gasteiger partial charge in [0.15, 0.2) is 0 Å². The van der Waals surface area contributed by atoms with E-state index < -0.39 is 11.6 Å². The SMILES string of the molecule is CC(C)O.CC(C)O.CC(C)O.CC(O)(CCC(N)CN)C(N)CN. The lowest BCUT2D eigenvalue weighted by Crippen LogP contribution is -2.51. The molecule has 0 aliphatic heterocycles. The van der Waals surface area contributed by atoms with Gasteiger partial charge in [-0.15, -0.1) is 0 Å². The van der Waals surface area contributed by atoms with Crippen LogP contribution in [0.4, 0.5) is 0 Å². The first-order chi connectivity index (χ1) is 11.1. The van der Waals surface area contributed by atoms with E-state index in [1.165, 1.54) is 0 Å². The van der Waals surface area contributed by atoms with Crippen LogP contribution in [-0.2, 0) is 0 Å². The van der Waals surface area contributed by atoms with Gasteiger partial charge in [-0.05, 0) is 61.3 Å². The summed E-state index contributed by atoms with van der Waals surface area (Å²) in [5.41, 5.74) is 21.0. The average molecular weight is 371 g/mol. The van der Waals surface area contributed by atoms with Crippen LogP contribution >= 0.6 is 0 Å². The second kappa shape index (κ2) is 20.0. The molecule has 0 bridgehead atoms. The number of rotatable bonds is 6. The predicted octanol–water partition coefficient (Wildman–Crippen LogP) is -0.749. The molecule has 8 heteroatoms. The van der Waals surface area contributed by atoms with Crippen molar-refractivity contribution in [1.29, 1.82) is 0 Å². The Balaban J connectivity index is -0.000000150. The average Bonchev–Trinajstić information content (AvgIpc) is 2.42. The molecule has 0 fully saturated rings. The fourth-order valence-corrected chi connectivity index (χ4v) is 1.03. The van der Waals surface area contributed by atoms with Gasteiger partial charge in [-0.3, -0.25) is 0 Å². The van der Waals surface area contributed by atoms with Crippen molar-refractivity contribution < 1.29 is 20.4 Å². The second-order valence-electron chi connectivity index (χ2n) is 7.02. The summed E-state index contributed by atoms with van der Waals surface area (Å²) in [5, 5.41) is 34.0. The third kappa shape index (κ3) is 45.3. The van der Waals surface area contributed by atoms with E-state index in [-0.39, 0.29) is 30.9 Å². The molecule has 0 saturated heterocycles. The zero-order valence-corrected chi connectivity index (χ0v) is 17.3. The van der Waals surface area contributed by atoms with E-state index in [1.54, 1.807) is 48.5 Å². The molecule has 12 N–H and O–H groups in total. The molecular formula is C17H46N4O4. The Morgan fingerprint density at radius 2 is 1.04 bits per heavy atom. The van der Waals surface area contributed by atoms with E-state index >= 15 is 0 Å². The largest absolute Gasteiger partial charge is 0.394 e. The maximum Gasteiger partial charge on any atom is 0.0782 e. The molecule has 0 aliphatic carbocycles. The Kier molecular flexibility index (Phi) is 25.9. The summed E-state index contributed by atoms with van der Waals surface area (Å²) < 4.78 is 0. The van der Waals surface area contributed by atoms with Gasteiger partial charge in [0.25, 0.3) is 0 Å². The van der Waals surface area contributed by atoms with Crippen LogP contribution in [0.2, 0.25) is 0 Å². The summed E-state index contributed by atoms with van der Waals surface area (Å²) >= 11 is 0. The maximum atomic E-state index is 9.83. The lowest BCUT2D eigenvalue weighted by atomic mass is 9.90. The Labute approximate surface area is 154 Å². The number of nitrogens with two attached hydrogens (primary N) is 4. The smallest absolute Gasteiger partial charge is 0.0782 e. The highest BCUT2D eigenvalue weighted by Gasteiger charge is 2.27. The molecule has 8 nitrogen and oxygen atoms in total. The van der Waals surface area contributed by atoms with Crippen LogP contribution in [0.5, 0.6) is 0 Å². The van der Waals surface area contributed by atoms with E-state index in [1.807, 2.05) is 0 Å². The van der Waals surface area contributed by atoms with Gasteiger partial charge in [-0.1, -0.05) is 0 Å². The minimum atomic E-state index is -0.943. The van der Waals surface area contributed by atoms with Crippen molar-refractivity contribution in [2.75, 3.05) is 13.1 Å². The Morgan fingerprint density at radius 3 is 1.24 bits per heavy atom. The van der Waals surface area contributed by atoms with Gasteiger partial charge in [0.2, 0.25) is 0 Å². The molecule has 0 rings (SSSR count). The molecule has 0 aromatic carbocycles. The topological polar surface area (TPSA) is 185 Å². The summed E-state index contributed by atoms with van der Waals surface area (Å²) in [5.74, 6) is 0. The number of aliphatic hydroxyl groups is 4. The molecule has 0 amide bonds. The van der Waals surface area contributed by atoms with Crippen LogP contribution in [0, 0.1) is 0 Å². The fourth-order valence-electron chi connectivity index (χ4n) is 1.03. The molecule has 158 valence electrons. The summed E-state index contributed by atoms with van der Waals surface area (Å²) in [6, 6.07) is -0.478. The first kappa shape index (κ1) is 32.4. The van der Waals surface area contributed by atoms with Crippen LogP contribution in [-0.4, -0.2) is 69.5 Å². The van der Waals surface area contributed by atoms with Crippen molar-refractivity contribution in [3.05, 3.63) is 0 Å².